The van der Waals surface area contributed by atoms with Crippen LogP contribution < -0.4 is 5.73 Å². The molecule has 0 saturated heterocycles. The maximum absolute atomic E-state index is 12.8. The Bertz CT molecular complexity index is 1520. The normalized spacial score (nSPS) is 12.7. The van der Waals surface area contributed by atoms with Gasteiger partial charge in [-0.3, -0.25) is 18.6 Å². The third-order valence-electron chi connectivity index (χ3n) is 20.5. The van der Waals surface area contributed by atoms with Crippen molar-refractivity contribution in [1.29, 1.82) is 0 Å². The van der Waals surface area contributed by atoms with E-state index in [4.69, 9.17) is 24.3 Å². The summed E-state index contributed by atoms with van der Waals surface area (Å²) in [6, 6.07) is 0. The zero-order valence-corrected chi connectivity index (χ0v) is 65.4. The number of hydrogen-bond donors (Lipinski definition) is 2. The topological polar surface area (TPSA) is 134 Å². The second-order valence-corrected chi connectivity index (χ2v) is 31.6. The monoisotopic (exact) mass is 1360 g/mol. The van der Waals surface area contributed by atoms with E-state index in [9.17, 15) is 19.0 Å². The van der Waals surface area contributed by atoms with Crippen LogP contribution in [0.2, 0.25) is 0 Å². The molecular formula is C85H170NO8P. The fraction of sp³-hybridized carbons (Fsp3) is 0.976. The first kappa shape index (κ1) is 94.0. The van der Waals surface area contributed by atoms with Crippen molar-refractivity contribution in [3.8, 4) is 0 Å². The molecule has 0 saturated carbocycles. The van der Waals surface area contributed by atoms with Gasteiger partial charge in [0.2, 0.25) is 0 Å². The molecule has 9 nitrogen and oxygen atoms in total. The van der Waals surface area contributed by atoms with Crippen molar-refractivity contribution in [2.45, 2.75) is 508 Å². The summed E-state index contributed by atoms with van der Waals surface area (Å²) in [4.78, 5) is 35.5. The van der Waals surface area contributed by atoms with Crippen LogP contribution in [0.5, 0.6) is 0 Å². The molecular weight excluding hydrogens is 1190 g/mol. The highest BCUT2D eigenvalue weighted by Gasteiger charge is 2.26. The maximum Gasteiger partial charge on any atom is 0.472 e. The van der Waals surface area contributed by atoms with Crippen LogP contribution in [0.4, 0.5) is 0 Å². The van der Waals surface area contributed by atoms with Gasteiger partial charge in [0.15, 0.2) is 6.10 Å². The molecule has 0 amide bonds. The third kappa shape index (κ3) is 81.9. The second-order valence-electron chi connectivity index (χ2n) is 30.1. The molecule has 0 spiro atoms. The lowest BCUT2D eigenvalue weighted by atomic mass is 10.0. The van der Waals surface area contributed by atoms with Gasteiger partial charge in [0.1, 0.15) is 6.61 Å². The highest BCUT2D eigenvalue weighted by Crippen LogP contribution is 2.43. The Balaban J connectivity index is 3.68. The van der Waals surface area contributed by atoms with Gasteiger partial charge in [0.05, 0.1) is 13.2 Å². The minimum absolute atomic E-state index is 0.0590. The van der Waals surface area contributed by atoms with Crippen molar-refractivity contribution >= 4 is 19.8 Å². The number of carbonyl (C=O) groups is 2. The second kappa shape index (κ2) is 82.0. The zero-order chi connectivity index (χ0) is 68.6. The number of hydrogen-bond acceptors (Lipinski definition) is 8. The van der Waals surface area contributed by atoms with Gasteiger partial charge < -0.3 is 20.1 Å². The van der Waals surface area contributed by atoms with Crippen LogP contribution in [0.25, 0.3) is 0 Å². The number of rotatable bonds is 85. The van der Waals surface area contributed by atoms with Crippen molar-refractivity contribution in [2.24, 2.45) is 5.73 Å². The molecule has 0 fully saturated rings. The minimum atomic E-state index is -4.39. The Morgan fingerprint density at radius 3 is 0.642 bits per heavy atom. The van der Waals surface area contributed by atoms with E-state index in [2.05, 4.69) is 13.8 Å². The zero-order valence-electron chi connectivity index (χ0n) is 64.5. The largest absolute Gasteiger partial charge is 0.472 e. The predicted octanol–water partition coefficient (Wildman–Crippen LogP) is 29.2. The van der Waals surface area contributed by atoms with Crippen molar-refractivity contribution in [3.63, 3.8) is 0 Å². The smallest absolute Gasteiger partial charge is 0.462 e. The fourth-order valence-corrected chi connectivity index (χ4v) is 14.8. The average molecular weight is 1370 g/mol. The van der Waals surface area contributed by atoms with Crippen LogP contribution in [0.1, 0.15) is 502 Å². The van der Waals surface area contributed by atoms with E-state index in [0.717, 1.165) is 32.1 Å². The molecule has 0 aromatic carbocycles. The highest BCUT2D eigenvalue weighted by atomic mass is 31.2. The summed E-state index contributed by atoms with van der Waals surface area (Å²) in [5.41, 5.74) is 5.42. The summed E-state index contributed by atoms with van der Waals surface area (Å²) < 4.78 is 33.3. The molecule has 3 N–H and O–H groups in total. The third-order valence-corrected chi connectivity index (χ3v) is 21.5. The predicted molar refractivity (Wildman–Crippen MR) is 414 cm³/mol. The van der Waals surface area contributed by atoms with Crippen LogP contribution in [0, 0.1) is 0 Å². The van der Waals surface area contributed by atoms with Gasteiger partial charge in [0.25, 0.3) is 0 Å². The van der Waals surface area contributed by atoms with E-state index in [1.165, 1.54) is 437 Å². The van der Waals surface area contributed by atoms with Gasteiger partial charge >= 0.3 is 19.8 Å². The van der Waals surface area contributed by atoms with Crippen LogP contribution in [-0.4, -0.2) is 49.3 Å². The Kier molecular flexibility index (Phi) is 81.1. The quantitative estimate of drug-likeness (QED) is 0.0347. The first-order valence-electron chi connectivity index (χ1n) is 43.5. The molecule has 10 heteroatoms. The Morgan fingerprint density at radius 2 is 0.453 bits per heavy atom. The summed E-state index contributed by atoms with van der Waals surface area (Å²) in [5, 5.41) is 0. The van der Waals surface area contributed by atoms with Crippen LogP contribution in [0.15, 0.2) is 0 Å². The molecule has 0 aliphatic carbocycles. The summed E-state index contributed by atoms with van der Waals surface area (Å²) in [6.07, 6.45) is 102. The van der Waals surface area contributed by atoms with Gasteiger partial charge in [-0.05, 0) is 12.8 Å². The number of esters is 2. The first-order valence-corrected chi connectivity index (χ1v) is 45.0. The number of unbranched alkanes of at least 4 members (excludes halogenated alkanes) is 72. The van der Waals surface area contributed by atoms with E-state index in [-0.39, 0.29) is 32.1 Å². The number of phosphoric ester groups is 1. The molecule has 0 rings (SSSR count). The lowest BCUT2D eigenvalue weighted by molar-refractivity contribution is -0.161. The van der Waals surface area contributed by atoms with Crippen LogP contribution >= 0.6 is 7.82 Å². The first-order chi connectivity index (χ1) is 46.8. The Hall–Kier alpha value is -0.990. The van der Waals surface area contributed by atoms with Gasteiger partial charge in [-0.1, -0.05) is 476 Å². The summed E-state index contributed by atoms with van der Waals surface area (Å²) >= 11 is 0. The molecule has 0 heterocycles. The van der Waals surface area contributed by atoms with Crippen LogP contribution in [-0.2, 0) is 32.7 Å². The number of phosphoric acid groups is 1. The lowest BCUT2D eigenvalue weighted by Crippen LogP contribution is -2.29. The molecule has 0 aromatic heterocycles. The van der Waals surface area contributed by atoms with Crippen LogP contribution in [0.3, 0.4) is 0 Å². The molecule has 0 aliphatic heterocycles. The number of carbonyl (C=O) groups excluding carboxylic acids is 2. The van der Waals surface area contributed by atoms with Gasteiger partial charge in [-0.2, -0.15) is 0 Å². The van der Waals surface area contributed by atoms with Gasteiger partial charge in [-0.15, -0.1) is 0 Å². The SMILES string of the molecule is CCCCCCCCCCCCCCCCCCCCCCCCCCCCCCCCCCCCCCCCCCC(=O)OC(COC(=O)CCCCCCCCCCCCCCCCCCCCCCCCCCCCCCCCCCCC)COP(=O)(O)OCCN. The van der Waals surface area contributed by atoms with Crippen molar-refractivity contribution in [2.75, 3.05) is 26.4 Å². The lowest BCUT2D eigenvalue weighted by Gasteiger charge is -2.19. The fourth-order valence-electron chi connectivity index (χ4n) is 14.1. The molecule has 0 radical (unpaired) electrons. The van der Waals surface area contributed by atoms with Gasteiger partial charge in [-0.25, -0.2) is 4.57 Å². The Labute approximate surface area is 594 Å². The van der Waals surface area contributed by atoms with E-state index in [1.54, 1.807) is 0 Å². The molecule has 568 valence electrons. The summed E-state index contributed by atoms with van der Waals surface area (Å²) in [5.74, 6) is -0.792. The molecule has 2 atom stereocenters. The summed E-state index contributed by atoms with van der Waals surface area (Å²) in [6.45, 7) is 3.86. The number of ether oxygens (including phenoxy) is 2. The molecule has 95 heavy (non-hydrogen) atoms. The van der Waals surface area contributed by atoms with Crippen molar-refractivity contribution < 1.29 is 37.6 Å². The van der Waals surface area contributed by atoms with E-state index >= 15 is 0 Å². The molecule has 0 bridgehead atoms. The molecule has 2 unspecified atom stereocenters. The maximum atomic E-state index is 12.8. The van der Waals surface area contributed by atoms with E-state index < -0.39 is 26.5 Å². The average Bonchev–Trinajstić information content (AvgIpc) is 3.56. The highest BCUT2D eigenvalue weighted by molar-refractivity contribution is 7.47. The standard InChI is InChI=1S/C85H170NO8P/c1-3-5-7-9-11-13-15-17-19-21-23-25-27-29-31-33-35-37-39-40-41-42-43-44-46-48-50-52-54-56-58-60-62-64-66-68-70-72-74-76-78-85(88)94-83(82-93-95(89,90)92-80-79-86)81-91-84(87)77-75-73-71-69-67-65-63-61-59-57-55-53-51-49-47-45-38-36-34-32-30-28-26-24-22-20-18-16-14-12-10-8-6-4-2/h83H,3-82,86H2,1-2H3,(H,89,90). The molecule has 0 aliphatic rings. The van der Waals surface area contributed by atoms with Crippen molar-refractivity contribution in [3.05, 3.63) is 0 Å². The van der Waals surface area contributed by atoms with Crippen molar-refractivity contribution in [1.82, 2.24) is 0 Å². The Morgan fingerprint density at radius 1 is 0.274 bits per heavy atom. The summed E-state index contributed by atoms with van der Waals surface area (Å²) in [7, 11) is -4.39. The van der Waals surface area contributed by atoms with Gasteiger partial charge in [0, 0.05) is 19.4 Å². The van der Waals surface area contributed by atoms with E-state index in [1.807, 2.05) is 0 Å². The van der Waals surface area contributed by atoms with E-state index in [0.29, 0.717) is 12.8 Å². The number of nitrogens with two attached hydrogens (primary N) is 1. The minimum Gasteiger partial charge on any atom is -0.462 e. The molecule has 0 aromatic rings.